The second-order valence-electron chi connectivity index (χ2n) is 3.21. The van der Waals surface area contributed by atoms with Gasteiger partial charge in [-0.05, 0) is 24.0 Å². The van der Waals surface area contributed by atoms with E-state index in [4.69, 9.17) is 9.22 Å². The molecule has 0 amide bonds. The van der Waals surface area contributed by atoms with Gasteiger partial charge in [-0.3, -0.25) is 0 Å². The Kier molecular flexibility index (Phi) is 2.57. The van der Waals surface area contributed by atoms with Crippen LogP contribution in [0.4, 0.5) is 13.2 Å². The van der Waals surface area contributed by atoms with Crippen molar-refractivity contribution in [3.63, 3.8) is 0 Å². The molecule has 0 aromatic heterocycles. The van der Waals surface area contributed by atoms with E-state index < -0.39 is 30.8 Å². The van der Waals surface area contributed by atoms with Crippen LogP contribution in [0.2, 0.25) is 0 Å². The van der Waals surface area contributed by atoms with Crippen molar-refractivity contribution in [3.8, 4) is 0 Å². The molecule has 0 aliphatic heterocycles. The molecule has 0 spiro atoms. The number of halogens is 4. The van der Waals surface area contributed by atoms with Crippen molar-refractivity contribution in [2.45, 2.75) is 18.6 Å². The molecule has 0 saturated carbocycles. The van der Waals surface area contributed by atoms with Crippen LogP contribution in [-0.2, 0) is 5.60 Å². The van der Waals surface area contributed by atoms with Gasteiger partial charge in [-0.25, -0.2) is 0 Å². The predicted octanol–water partition coefficient (Wildman–Crippen LogP) is 2.50. The number of aliphatic hydroxyl groups is 2. The predicted molar refractivity (Wildman–Crippen MR) is 55.9 cm³/mol. The van der Waals surface area contributed by atoms with Crippen LogP contribution in [-0.4, -0.2) is 23.0 Å². The minimum atomic E-state index is -5.08. The van der Waals surface area contributed by atoms with Gasteiger partial charge in [0.05, 0.1) is 6.61 Å². The molecule has 0 aliphatic carbocycles. The van der Waals surface area contributed by atoms with Gasteiger partial charge in [0, 0.05) is 8.58 Å². The van der Waals surface area contributed by atoms with E-state index in [1.165, 1.54) is 0 Å². The molecule has 0 bridgehead atoms. The van der Waals surface area contributed by atoms with Crippen molar-refractivity contribution in [1.82, 2.24) is 0 Å². The molecule has 16 heavy (non-hydrogen) atoms. The average Bonchev–Trinajstić information content (AvgIpc) is 2.24. The molecule has 2 nitrogen and oxygen atoms in total. The summed E-state index contributed by atoms with van der Waals surface area (Å²) in [4.78, 5) is 0. The smallest absolute Gasteiger partial charge is 0.393 e. The lowest BCUT2D eigenvalue weighted by molar-refractivity contribution is -0.277. The molecule has 1 atom stereocenters. The van der Waals surface area contributed by atoms with Crippen LogP contribution in [0.3, 0.4) is 0 Å². The summed E-state index contributed by atoms with van der Waals surface area (Å²) in [6, 6.07) is 2.63. The SMILES string of the molecule is [2H]C([2H])([2H])c1ccc(C(O)(CO)C(F)(F)F)cc1Br. The van der Waals surface area contributed by atoms with Crippen molar-refractivity contribution in [3.05, 3.63) is 33.8 Å². The van der Waals surface area contributed by atoms with Crippen molar-refractivity contribution in [2.75, 3.05) is 6.61 Å². The van der Waals surface area contributed by atoms with E-state index in [-0.39, 0.29) is 10.0 Å². The monoisotopic (exact) mass is 301 g/mol. The minimum Gasteiger partial charge on any atom is -0.393 e. The van der Waals surface area contributed by atoms with Crippen LogP contribution in [0.1, 0.15) is 15.2 Å². The summed E-state index contributed by atoms with van der Waals surface area (Å²) in [5.74, 6) is 0. The standard InChI is InChI=1S/C10H10BrF3O2/c1-6-2-3-7(4-8(6)11)9(16,5-15)10(12,13)14/h2-4,15-16H,5H2,1H3/i1D3. The summed E-state index contributed by atoms with van der Waals surface area (Å²) >= 11 is 2.85. The van der Waals surface area contributed by atoms with E-state index in [1.54, 1.807) is 0 Å². The van der Waals surface area contributed by atoms with Crippen molar-refractivity contribution >= 4 is 15.9 Å². The van der Waals surface area contributed by atoms with Crippen LogP contribution in [0.5, 0.6) is 0 Å². The maximum absolute atomic E-state index is 12.7. The number of aliphatic hydroxyl groups excluding tert-OH is 1. The lowest BCUT2D eigenvalue weighted by Crippen LogP contribution is -2.45. The van der Waals surface area contributed by atoms with E-state index in [2.05, 4.69) is 15.9 Å². The van der Waals surface area contributed by atoms with E-state index in [1.807, 2.05) is 0 Å². The Morgan fingerprint density at radius 2 is 2.06 bits per heavy atom. The lowest BCUT2D eigenvalue weighted by atomic mass is 9.93. The Labute approximate surface area is 103 Å². The lowest BCUT2D eigenvalue weighted by Gasteiger charge is -2.29. The van der Waals surface area contributed by atoms with E-state index in [0.29, 0.717) is 0 Å². The quantitative estimate of drug-likeness (QED) is 0.881. The average molecular weight is 302 g/mol. The number of hydrogen-bond acceptors (Lipinski definition) is 2. The van der Waals surface area contributed by atoms with Crippen LogP contribution < -0.4 is 0 Å². The highest BCUT2D eigenvalue weighted by molar-refractivity contribution is 9.10. The molecule has 90 valence electrons. The Balaban J connectivity index is 3.35. The van der Waals surface area contributed by atoms with Gasteiger partial charge in [0.15, 0.2) is 0 Å². The highest BCUT2D eigenvalue weighted by Gasteiger charge is 2.54. The van der Waals surface area contributed by atoms with Gasteiger partial charge in [0.1, 0.15) is 0 Å². The molecule has 1 aromatic carbocycles. The first kappa shape index (κ1) is 9.44. The number of hydrogen-bond donors (Lipinski definition) is 2. The highest BCUT2D eigenvalue weighted by atomic mass is 79.9. The molecule has 1 unspecified atom stereocenters. The van der Waals surface area contributed by atoms with Gasteiger partial charge >= 0.3 is 6.18 Å². The summed E-state index contributed by atoms with van der Waals surface area (Å²) in [5, 5.41) is 18.3. The Morgan fingerprint density at radius 1 is 1.44 bits per heavy atom. The normalized spacial score (nSPS) is 19.5. The second kappa shape index (κ2) is 4.35. The molecule has 0 radical (unpaired) electrons. The fourth-order valence-electron chi connectivity index (χ4n) is 1.12. The fraction of sp³-hybridized carbons (Fsp3) is 0.400. The molecule has 1 rings (SSSR count). The minimum absolute atomic E-state index is 0.0962. The van der Waals surface area contributed by atoms with Crippen LogP contribution in [0.25, 0.3) is 0 Å². The van der Waals surface area contributed by atoms with E-state index in [9.17, 15) is 18.3 Å². The van der Waals surface area contributed by atoms with Gasteiger partial charge in [0.2, 0.25) is 5.60 Å². The van der Waals surface area contributed by atoms with Crippen LogP contribution in [0, 0.1) is 6.85 Å². The van der Waals surface area contributed by atoms with Gasteiger partial charge in [-0.15, -0.1) is 0 Å². The maximum atomic E-state index is 12.7. The molecule has 0 aliphatic rings. The number of benzene rings is 1. The first-order valence-electron chi connectivity index (χ1n) is 5.64. The maximum Gasteiger partial charge on any atom is 0.423 e. The summed E-state index contributed by atoms with van der Waals surface area (Å²) in [6.07, 6.45) is -5.08. The van der Waals surface area contributed by atoms with E-state index in [0.717, 1.165) is 18.2 Å². The summed E-state index contributed by atoms with van der Waals surface area (Å²) in [6.45, 7) is -4.05. The largest absolute Gasteiger partial charge is 0.423 e. The van der Waals surface area contributed by atoms with Gasteiger partial charge < -0.3 is 10.2 Å². The summed E-state index contributed by atoms with van der Waals surface area (Å²) in [7, 11) is 0. The molecule has 0 heterocycles. The molecule has 0 saturated heterocycles. The Hall–Kier alpha value is -0.590. The number of aryl methyl sites for hydroxylation is 1. The summed E-state index contributed by atoms with van der Waals surface area (Å²) < 4.78 is 59.6. The molecular weight excluding hydrogens is 289 g/mol. The molecular formula is C10H10BrF3O2. The second-order valence-corrected chi connectivity index (χ2v) is 4.07. The highest BCUT2D eigenvalue weighted by Crippen LogP contribution is 2.39. The molecule has 1 aromatic rings. The Bertz CT molecular complexity index is 476. The fourth-order valence-corrected chi connectivity index (χ4v) is 1.50. The first-order chi connectivity index (χ1) is 8.43. The number of rotatable bonds is 2. The van der Waals surface area contributed by atoms with Crippen molar-refractivity contribution < 1.29 is 27.5 Å². The third-order valence-corrected chi connectivity index (χ3v) is 2.80. The zero-order chi connectivity index (χ0) is 15.1. The zero-order valence-electron chi connectivity index (χ0n) is 10.8. The van der Waals surface area contributed by atoms with Crippen molar-refractivity contribution in [2.24, 2.45) is 0 Å². The molecule has 6 heteroatoms. The van der Waals surface area contributed by atoms with Gasteiger partial charge in [-0.1, -0.05) is 28.1 Å². The zero-order valence-corrected chi connectivity index (χ0v) is 9.43. The van der Waals surface area contributed by atoms with Crippen LogP contribution >= 0.6 is 15.9 Å². The molecule has 2 N–H and O–H groups in total. The number of alkyl halides is 3. The topological polar surface area (TPSA) is 40.5 Å². The van der Waals surface area contributed by atoms with Gasteiger partial charge in [0.25, 0.3) is 0 Å². The third kappa shape index (κ3) is 2.23. The van der Waals surface area contributed by atoms with E-state index >= 15 is 0 Å². The summed E-state index contributed by atoms with van der Waals surface area (Å²) in [5.41, 5.74) is -4.25. The first-order valence-corrected chi connectivity index (χ1v) is 4.93. The van der Waals surface area contributed by atoms with Gasteiger partial charge in [-0.2, -0.15) is 13.2 Å². The van der Waals surface area contributed by atoms with Crippen molar-refractivity contribution in [1.29, 1.82) is 0 Å². The van der Waals surface area contributed by atoms with Crippen LogP contribution in [0.15, 0.2) is 22.7 Å². The third-order valence-electron chi connectivity index (χ3n) is 2.14. The Morgan fingerprint density at radius 3 is 2.44 bits per heavy atom. The molecule has 0 fully saturated rings.